The Balaban J connectivity index is 1.91. The number of carbonyl (C=O) groups is 3. The second kappa shape index (κ2) is 9.64. The van der Waals surface area contributed by atoms with Crippen LogP contribution in [0.25, 0.3) is 0 Å². The number of anilines is 1. The third-order valence-corrected chi connectivity index (χ3v) is 4.52. The van der Waals surface area contributed by atoms with Crippen LogP contribution in [-0.2, 0) is 14.3 Å². The van der Waals surface area contributed by atoms with E-state index in [1.54, 1.807) is 6.92 Å². The zero-order chi connectivity index (χ0) is 22.4. The highest BCUT2D eigenvalue weighted by Crippen LogP contribution is 2.20. The van der Waals surface area contributed by atoms with Crippen LogP contribution in [0, 0.1) is 30.9 Å². The molecule has 0 radical (unpaired) electrons. The van der Waals surface area contributed by atoms with E-state index in [0.717, 1.165) is 22.1 Å². The number of nitrogens with one attached hydrogen (secondary N) is 1. The number of nitrogens with zero attached hydrogens (tertiary/aromatic N) is 2. The molecule has 30 heavy (non-hydrogen) atoms. The lowest BCUT2D eigenvalue weighted by Crippen LogP contribution is -2.37. The summed E-state index contributed by atoms with van der Waals surface area (Å²) in [5, 5.41) is 13.8. The van der Waals surface area contributed by atoms with Crippen molar-refractivity contribution in [2.75, 3.05) is 25.5 Å². The van der Waals surface area contributed by atoms with Gasteiger partial charge in [-0.05, 0) is 38.0 Å². The molecule has 0 aliphatic heterocycles. The van der Waals surface area contributed by atoms with Crippen molar-refractivity contribution in [3.63, 3.8) is 0 Å². The fourth-order valence-electron chi connectivity index (χ4n) is 2.75. The molecular formula is C21H23N3O6. The number of carbonyl (C=O) groups excluding carboxylic acids is 3. The summed E-state index contributed by atoms with van der Waals surface area (Å²) in [5.41, 5.74) is 2.65. The van der Waals surface area contributed by atoms with E-state index < -0.39 is 23.4 Å². The first-order chi connectivity index (χ1) is 14.1. The van der Waals surface area contributed by atoms with E-state index in [1.807, 2.05) is 32.0 Å². The molecule has 0 aliphatic carbocycles. The first kappa shape index (κ1) is 22.5. The molecule has 0 aliphatic rings. The number of hydrogen-bond acceptors (Lipinski definition) is 6. The molecule has 9 heteroatoms. The van der Waals surface area contributed by atoms with Crippen molar-refractivity contribution in [1.29, 1.82) is 0 Å². The van der Waals surface area contributed by atoms with E-state index in [1.165, 1.54) is 19.2 Å². The number of aryl methyl sites for hydroxylation is 3. The quantitative estimate of drug-likeness (QED) is 0.423. The normalized spacial score (nSPS) is 10.3. The monoisotopic (exact) mass is 413 g/mol. The number of para-hydroxylation sites is 1. The van der Waals surface area contributed by atoms with Gasteiger partial charge in [0.05, 0.1) is 17.0 Å². The summed E-state index contributed by atoms with van der Waals surface area (Å²) in [6.07, 6.45) is 0. The molecule has 0 fully saturated rings. The molecule has 0 bridgehead atoms. The Bertz CT molecular complexity index is 982. The van der Waals surface area contributed by atoms with Crippen LogP contribution in [0.1, 0.15) is 27.0 Å². The Morgan fingerprint density at radius 3 is 2.30 bits per heavy atom. The Kier molecular flexibility index (Phi) is 7.24. The summed E-state index contributed by atoms with van der Waals surface area (Å²) in [6, 6.07) is 9.53. The minimum atomic E-state index is -0.861. The van der Waals surface area contributed by atoms with Gasteiger partial charge >= 0.3 is 5.97 Å². The average Bonchev–Trinajstić information content (AvgIpc) is 2.68. The second-order valence-corrected chi connectivity index (χ2v) is 6.90. The Morgan fingerprint density at radius 1 is 1.07 bits per heavy atom. The molecule has 1 N–H and O–H groups in total. The van der Waals surface area contributed by atoms with Crippen molar-refractivity contribution in [3.8, 4) is 0 Å². The molecule has 0 unspecified atom stereocenters. The van der Waals surface area contributed by atoms with E-state index in [9.17, 15) is 24.5 Å². The number of ether oxygens (including phenoxy) is 1. The zero-order valence-electron chi connectivity index (χ0n) is 17.2. The van der Waals surface area contributed by atoms with Crippen LogP contribution >= 0.6 is 0 Å². The van der Waals surface area contributed by atoms with Crippen molar-refractivity contribution in [2.24, 2.45) is 0 Å². The van der Waals surface area contributed by atoms with Gasteiger partial charge < -0.3 is 15.0 Å². The van der Waals surface area contributed by atoms with E-state index in [-0.39, 0.29) is 23.7 Å². The maximum atomic E-state index is 12.2. The molecule has 0 atom stereocenters. The summed E-state index contributed by atoms with van der Waals surface area (Å²) in [4.78, 5) is 48.1. The molecular weight excluding hydrogens is 390 g/mol. The number of rotatable bonds is 7. The summed E-state index contributed by atoms with van der Waals surface area (Å²) < 4.78 is 4.94. The first-order valence-electron chi connectivity index (χ1n) is 9.12. The van der Waals surface area contributed by atoms with Crippen molar-refractivity contribution >= 4 is 29.2 Å². The van der Waals surface area contributed by atoms with E-state index >= 15 is 0 Å². The third kappa shape index (κ3) is 5.63. The molecule has 0 heterocycles. The van der Waals surface area contributed by atoms with Crippen LogP contribution in [-0.4, -0.2) is 47.8 Å². The lowest BCUT2D eigenvalue weighted by atomic mass is 10.1. The predicted octanol–water partition coefficient (Wildman–Crippen LogP) is 2.77. The van der Waals surface area contributed by atoms with Gasteiger partial charge in [0.15, 0.2) is 6.61 Å². The van der Waals surface area contributed by atoms with Crippen LogP contribution in [0.15, 0.2) is 36.4 Å². The summed E-state index contributed by atoms with van der Waals surface area (Å²) >= 11 is 0. The highest BCUT2D eigenvalue weighted by atomic mass is 16.6. The molecule has 2 amide bonds. The van der Waals surface area contributed by atoms with Gasteiger partial charge in [-0.1, -0.05) is 24.3 Å². The predicted molar refractivity (Wildman–Crippen MR) is 110 cm³/mol. The third-order valence-electron chi connectivity index (χ3n) is 4.52. The number of amides is 2. The molecule has 158 valence electrons. The van der Waals surface area contributed by atoms with Crippen LogP contribution in [0.3, 0.4) is 0 Å². The molecule has 0 aromatic heterocycles. The standard InChI is InChI=1S/C21H23N3O6/c1-13-8-9-16(10-17(13)24(28)29)21(27)30-12-19(26)23(4)11-18(25)22-20-14(2)6-5-7-15(20)3/h5-10H,11-12H2,1-4H3,(H,22,25). The van der Waals surface area contributed by atoms with Gasteiger partial charge in [0.1, 0.15) is 0 Å². The van der Waals surface area contributed by atoms with Crippen LogP contribution < -0.4 is 5.32 Å². The van der Waals surface area contributed by atoms with Gasteiger partial charge in [0.2, 0.25) is 5.91 Å². The van der Waals surface area contributed by atoms with Crippen LogP contribution in [0.5, 0.6) is 0 Å². The lowest BCUT2D eigenvalue weighted by molar-refractivity contribution is -0.385. The SMILES string of the molecule is Cc1ccc(C(=O)OCC(=O)N(C)CC(=O)Nc2c(C)cccc2C)cc1[N+](=O)[O-]. The summed E-state index contributed by atoms with van der Waals surface area (Å²) in [7, 11) is 1.41. The average molecular weight is 413 g/mol. The molecule has 9 nitrogen and oxygen atoms in total. The number of nitro groups is 1. The van der Waals surface area contributed by atoms with E-state index in [0.29, 0.717) is 11.3 Å². The number of esters is 1. The maximum absolute atomic E-state index is 12.2. The van der Waals surface area contributed by atoms with Gasteiger partial charge in [-0.2, -0.15) is 0 Å². The zero-order valence-corrected chi connectivity index (χ0v) is 17.2. The minimum absolute atomic E-state index is 0.0319. The summed E-state index contributed by atoms with van der Waals surface area (Å²) in [6.45, 7) is 4.47. The van der Waals surface area contributed by atoms with Gasteiger partial charge in [-0.15, -0.1) is 0 Å². The molecule has 0 saturated carbocycles. The van der Waals surface area contributed by atoms with Crippen molar-refractivity contribution in [2.45, 2.75) is 20.8 Å². The maximum Gasteiger partial charge on any atom is 0.338 e. The number of hydrogen-bond donors (Lipinski definition) is 1. The van der Waals surface area contributed by atoms with E-state index in [4.69, 9.17) is 4.74 Å². The number of benzene rings is 2. The molecule has 0 saturated heterocycles. The molecule has 2 aromatic rings. The highest BCUT2D eigenvalue weighted by Gasteiger charge is 2.19. The van der Waals surface area contributed by atoms with Gasteiger partial charge in [-0.3, -0.25) is 19.7 Å². The molecule has 2 aromatic carbocycles. The van der Waals surface area contributed by atoms with Crippen molar-refractivity contribution in [3.05, 3.63) is 68.8 Å². The van der Waals surface area contributed by atoms with E-state index in [2.05, 4.69) is 5.32 Å². The summed E-state index contributed by atoms with van der Waals surface area (Å²) in [5.74, 6) is -1.83. The van der Waals surface area contributed by atoms with Crippen molar-refractivity contribution in [1.82, 2.24) is 4.90 Å². The largest absolute Gasteiger partial charge is 0.452 e. The Morgan fingerprint density at radius 2 is 1.70 bits per heavy atom. The Labute approximate surface area is 173 Å². The first-order valence-corrected chi connectivity index (χ1v) is 9.12. The van der Waals surface area contributed by atoms with Crippen LogP contribution in [0.2, 0.25) is 0 Å². The fraction of sp³-hybridized carbons (Fsp3) is 0.286. The smallest absolute Gasteiger partial charge is 0.338 e. The van der Waals surface area contributed by atoms with Gasteiger partial charge in [-0.25, -0.2) is 4.79 Å². The second-order valence-electron chi connectivity index (χ2n) is 6.90. The lowest BCUT2D eigenvalue weighted by Gasteiger charge is -2.18. The Hall–Kier alpha value is -3.75. The van der Waals surface area contributed by atoms with Gasteiger partial charge in [0, 0.05) is 24.4 Å². The van der Waals surface area contributed by atoms with Gasteiger partial charge in [0.25, 0.3) is 11.6 Å². The highest BCUT2D eigenvalue weighted by molar-refractivity contribution is 5.96. The number of nitro benzene ring substituents is 1. The topological polar surface area (TPSA) is 119 Å². The minimum Gasteiger partial charge on any atom is -0.452 e. The number of likely N-dealkylation sites (N-methyl/N-ethyl adjacent to an activating group) is 1. The molecule has 0 spiro atoms. The van der Waals surface area contributed by atoms with Crippen LogP contribution in [0.4, 0.5) is 11.4 Å². The van der Waals surface area contributed by atoms with Crippen molar-refractivity contribution < 1.29 is 24.0 Å². The molecule has 2 rings (SSSR count). The fourth-order valence-corrected chi connectivity index (χ4v) is 2.75.